The van der Waals surface area contributed by atoms with Crippen LogP contribution >= 0.6 is 0 Å². The molecule has 4 saturated carbocycles. The van der Waals surface area contributed by atoms with E-state index in [0.29, 0.717) is 29.5 Å². The molecule has 1 heterocycles. The first kappa shape index (κ1) is 8.71. The van der Waals surface area contributed by atoms with Gasteiger partial charge in [-0.25, -0.2) is 0 Å². The molecule has 82 valence electrons. The molecule has 1 aliphatic heterocycles. The first-order valence-corrected chi connectivity index (χ1v) is 6.11. The Labute approximate surface area is 89.1 Å². The molecular weight excluding hydrogens is 192 g/mol. The molecular formula is C12H16O3. The van der Waals surface area contributed by atoms with Gasteiger partial charge in [-0.1, -0.05) is 0 Å². The standard InChI is InChI=1S/C12H16O3/c13-11-7-3-9-5-8(11)6-10(4-7)12(9)14-1-2-15-12/h7-10H,1-6H2. The maximum absolute atomic E-state index is 11.9. The number of carbonyl (C=O) groups is 1. The lowest BCUT2D eigenvalue weighted by molar-refractivity contribution is -0.280. The minimum absolute atomic E-state index is 0.270. The second-order valence-electron chi connectivity index (χ2n) is 5.55. The van der Waals surface area contributed by atoms with E-state index in [0.717, 1.165) is 38.9 Å². The maximum Gasteiger partial charge on any atom is 0.174 e. The van der Waals surface area contributed by atoms with Crippen LogP contribution in [0.15, 0.2) is 0 Å². The smallest absolute Gasteiger partial charge is 0.174 e. The normalized spacial score (nSPS) is 50.5. The summed E-state index contributed by atoms with van der Waals surface area (Å²) in [6.45, 7) is 1.49. The Morgan fingerprint density at radius 2 is 1.40 bits per heavy atom. The third kappa shape index (κ3) is 0.918. The molecule has 5 fully saturated rings. The first-order chi connectivity index (χ1) is 7.29. The van der Waals surface area contributed by atoms with Crippen molar-refractivity contribution < 1.29 is 14.3 Å². The zero-order chi connectivity index (χ0) is 10.0. The monoisotopic (exact) mass is 208 g/mol. The Kier molecular flexibility index (Phi) is 1.53. The fourth-order valence-electron chi connectivity index (χ4n) is 4.46. The van der Waals surface area contributed by atoms with Gasteiger partial charge in [0.05, 0.1) is 13.2 Å². The summed E-state index contributed by atoms with van der Waals surface area (Å²) >= 11 is 0. The molecule has 0 aromatic rings. The number of ether oxygens (including phenoxy) is 2. The zero-order valence-corrected chi connectivity index (χ0v) is 8.78. The Hall–Kier alpha value is -0.410. The highest BCUT2D eigenvalue weighted by Gasteiger charge is 2.63. The van der Waals surface area contributed by atoms with E-state index < -0.39 is 0 Å². The number of carbonyl (C=O) groups excluding carboxylic acids is 1. The van der Waals surface area contributed by atoms with Crippen LogP contribution in [0.1, 0.15) is 25.7 Å². The van der Waals surface area contributed by atoms with Crippen molar-refractivity contribution in [1.82, 2.24) is 0 Å². The Balaban J connectivity index is 1.74. The second-order valence-corrected chi connectivity index (χ2v) is 5.55. The highest BCUT2D eigenvalue weighted by atomic mass is 16.7. The van der Waals surface area contributed by atoms with Crippen LogP contribution in [0.2, 0.25) is 0 Å². The molecule has 3 heteroatoms. The second kappa shape index (κ2) is 2.64. The molecule has 0 aromatic carbocycles. The molecule has 5 aliphatic rings. The van der Waals surface area contributed by atoms with E-state index in [4.69, 9.17) is 9.47 Å². The SMILES string of the molecule is O=C1C2CC3CC1CC(C2)C31OCCO1. The molecule has 3 nitrogen and oxygen atoms in total. The lowest BCUT2D eigenvalue weighted by Crippen LogP contribution is -2.61. The summed E-state index contributed by atoms with van der Waals surface area (Å²) in [5.74, 6) is 1.95. The number of ketones is 1. The number of rotatable bonds is 0. The van der Waals surface area contributed by atoms with E-state index in [1.54, 1.807) is 0 Å². The summed E-state index contributed by atoms with van der Waals surface area (Å²) in [5, 5.41) is 0. The number of hydrogen-bond acceptors (Lipinski definition) is 3. The van der Waals surface area contributed by atoms with Gasteiger partial charge in [-0.05, 0) is 25.7 Å². The van der Waals surface area contributed by atoms with Gasteiger partial charge in [0.1, 0.15) is 5.78 Å². The summed E-state index contributed by atoms with van der Waals surface area (Å²) < 4.78 is 11.8. The van der Waals surface area contributed by atoms with Crippen molar-refractivity contribution in [2.75, 3.05) is 13.2 Å². The summed E-state index contributed by atoms with van der Waals surface area (Å²) in [5.41, 5.74) is 0. The van der Waals surface area contributed by atoms with Crippen LogP contribution in [0.25, 0.3) is 0 Å². The quantitative estimate of drug-likeness (QED) is 0.603. The molecule has 1 spiro atoms. The van der Waals surface area contributed by atoms with Crippen molar-refractivity contribution in [3.63, 3.8) is 0 Å². The lowest BCUT2D eigenvalue weighted by Gasteiger charge is -2.57. The van der Waals surface area contributed by atoms with Crippen LogP contribution < -0.4 is 0 Å². The van der Waals surface area contributed by atoms with Crippen LogP contribution in [-0.2, 0) is 14.3 Å². The summed E-state index contributed by atoms with van der Waals surface area (Å²) in [7, 11) is 0. The van der Waals surface area contributed by atoms with Gasteiger partial charge in [-0.15, -0.1) is 0 Å². The molecule has 0 atom stereocenters. The summed E-state index contributed by atoms with van der Waals surface area (Å²) in [6, 6.07) is 0. The van der Waals surface area contributed by atoms with Gasteiger partial charge in [0.15, 0.2) is 5.79 Å². The largest absolute Gasteiger partial charge is 0.347 e. The van der Waals surface area contributed by atoms with Gasteiger partial charge in [-0.3, -0.25) is 4.79 Å². The Morgan fingerprint density at radius 1 is 0.933 bits per heavy atom. The summed E-state index contributed by atoms with van der Waals surface area (Å²) in [6.07, 6.45) is 4.08. The van der Waals surface area contributed by atoms with E-state index in [2.05, 4.69) is 0 Å². The van der Waals surface area contributed by atoms with Crippen molar-refractivity contribution in [3.8, 4) is 0 Å². The fourth-order valence-corrected chi connectivity index (χ4v) is 4.46. The molecule has 0 aromatic heterocycles. The van der Waals surface area contributed by atoms with Gasteiger partial charge in [0, 0.05) is 23.7 Å². The third-order valence-corrected chi connectivity index (χ3v) is 4.96. The minimum Gasteiger partial charge on any atom is -0.347 e. The van der Waals surface area contributed by atoms with Crippen molar-refractivity contribution >= 4 is 5.78 Å². The van der Waals surface area contributed by atoms with Crippen LogP contribution in [0.4, 0.5) is 0 Å². The van der Waals surface area contributed by atoms with Crippen LogP contribution in [0, 0.1) is 23.7 Å². The Bertz CT molecular complexity index is 283. The highest BCUT2D eigenvalue weighted by Crippen LogP contribution is 2.59. The molecule has 0 unspecified atom stereocenters. The summed E-state index contributed by atoms with van der Waals surface area (Å²) in [4.78, 5) is 11.9. The molecule has 15 heavy (non-hydrogen) atoms. The van der Waals surface area contributed by atoms with E-state index in [9.17, 15) is 4.79 Å². The zero-order valence-electron chi connectivity index (χ0n) is 8.78. The number of hydrogen-bond donors (Lipinski definition) is 0. The minimum atomic E-state index is -0.270. The van der Waals surface area contributed by atoms with Crippen molar-refractivity contribution in [1.29, 1.82) is 0 Å². The molecule has 4 aliphatic carbocycles. The first-order valence-electron chi connectivity index (χ1n) is 6.11. The molecule has 0 N–H and O–H groups in total. The van der Waals surface area contributed by atoms with Crippen LogP contribution in [0.5, 0.6) is 0 Å². The fraction of sp³-hybridized carbons (Fsp3) is 0.917. The molecule has 4 bridgehead atoms. The average molecular weight is 208 g/mol. The van der Waals surface area contributed by atoms with Crippen LogP contribution in [0.3, 0.4) is 0 Å². The lowest BCUT2D eigenvalue weighted by atomic mass is 9.53. The third-order valence-electron chi connectivity index (χ3n) is 4.96. The highest BCUT2D eigenvalue weighted by molar-refractivity contribution is 5.85. The van der Waals surface area contributed by atoms with E-state index in [1.165, 1.54) is 0 Å². The predicted octanol–water partition coefficient (Wildman–Crippen LogP) is 1.36. The van der Waals surface area contributed by atoms with E-state index in [1.807, 2.05) is 0 Å². The van der Waals surface area contributed by atoms with Crippen molar-refractivity contribution in [2.24, 2.45) is 23.7 Å². The molecule has 0 radical (unpaired) electrons. The van der Waals surface area contributed by atoms with Gasteiger partial charge in [-0.2, -0.15) is 0 Å². The molecule has 5 rings (SSSR count). The van der Waals surface area contributed by atoms with E-state index >= 15 is 0 Å². The van der Waals surface area contributed by atoms with Crippen molar-refractivity contribution in [3.05, 3.63) is 0 Å². The maximum atomic E-state index is 11.9. The van der Waals surface area contributed by atoms with Gasteiger partial charge in [0.25, 0.3) is 0 Å². The molecule has 0 amide bonds. The average Bonchev–Trinajstić information content (AvgIpc) is 2.66. The van der Waals surface area contributed by atoms with Gasteiger partial charge >= 0.3 is 0 Å². The number of Topliss-reactive ketones (excluding diaryl/α,β-unsaturated/α-hetero) is 1. The van der Waals surface area contributed by atoms with E-state index in [-0.39, 0.29) is 5.79 Å². The van der Waals surface area contributed by atoms with Gasteiger partial charge < -0.3 is 9.47 Å². The topological polar surface area (TPSA) is 35.5 Å². The van der Waals surface area contributed by atoms with Crippen molar-refractivity contribution in [2.45, 2.75) is 31.5 Å². The molecule has 1 saturated heterocycles. The predicted molar refractivity (Wildman–Crippen MR) is 52.1 cm³/mol. The Morgan fingerprint density at radius 3 is 1.87 bits per heavy atom. The van der Waals surface area contributed by atoms with Crippen LogP contribution in [-0.4, -0.2) is 24.8 Å². The van der Waals surface area contributed by atoms with Gasteiger partial charge in [0.2, 0.25) is 0 Å².